The lowest BCUT2D eigenvalue weighted by Gasteiger charge is -2.28. The highest BCUT2D eigenvalue weighted by Crippen LogP contribution is 2.27. The molecule has 0 bridgehead atoms. The van der Waals surface area contributed by atoms with Crippen molar-refractivity contribution < 1.29 is 18.8 Å². The fraction of sp³-hybridized carbons (Fsp3) is 0.160. The summed E-state index contributed by atoms with van der Waals surface area (Å²) in [6.45, 7) is 2.00. The van der Waals surface area contributed by atoms with Crippen LogP contribution in [0.2, 0.25) is 0 Å². The van der Waals surface area contributed by atoms with Gasteiger partial charge in [0.1, 0.15) is 11.9 Å². The largest absolute Gasteiger partial charge is 0.322 e. The number of nitrogens with zero attached hydrogens (tertiary/aromatic N) is 2. The predicted octanol–water partition coefficient (Wildman–Crippen LogP) is 4.11. The molecule has 3 aromatic carbocycles. The molecule has 31 heavy (non-hydrogen) atoms. The highest BCUT2D eigenvalue weighted by atomic mass is 19.1. The number of halogens is 1. The summed E-state index contributed by atoms with van der Waals surface area (Å²) in [5.74, 6) is -1.55. The number of hydrogen-bond acceptors (Lipinski definition) is 3. The van der Waals surface area contributed by atoms with Crippen LogP contribution >= 0.6 is 0 Å². The van der Waals surface area contributed by atoms with E-state index in [4.69, 9.17) is 0 Å². The molecule has 0 aromatic heterocycles. The number of carbonyl (C=O) groups is 3. The van der Waals surface area contributed by atoms with Crippen LogP contribution in [0.3, 0.4) is 0 Å². The number of aryl methyl sites for hydroxylation is 1. The molecule has 0 radical (unpaired) electrons. The van der Waals surface area contributed by atoms with Crippen LogP contribution in [0.1, 0.15) is 27.9 Å². The smallest absolute Gasteiger partial charge is 0.257 e. The number of imide groups is 1. The molecule has 1 fully saturated rings. The van der Waals surface area contributed by atoms with Gasteiger partial charge in [0.2, 0.25) is 5.91 Å². The lowest BCUT2D eigenvalue weighted by atomic mass is 10.1. The number of para-hydroxylation sites is 1. The summed E-state index contributed by atoms with van der Waals surface area (Å²) in [5, 5.41) is 0. The van der Waals surface area contributed by atoms with Gasteiger partial charge in [-0.15, -0.1) is 0 Å². The van der Waals surface area contributed by atoms with Crippen molar-refractivity contribution in [3.05, 3.63) is 101 Å². The van der Waals surface area contributed by atoms with Gasteiger partial charge in [0.05, 0.1) is 12.1 Å². The number of hydrogen-bond donors (Lipinski definition) is 0. The number of amides is 3. The van der Waals surface area contributed by atoms with Crippen LogP contribution in [0.25, 0.3) is 0 Å². The molecule has 3 aromatic rings. The van der Waals surface area contributed by atoms with E-state index >= 15 is 0 Å². The van der Waals surface area contributed by atoms with E-state index < -0.39 is 11.9 Å². The third-order valence-corrected chi connectivity index (χ3v) is 5.34. The third-order valence-electron chi connectivity index (χ3n) is 5.34. The van der Waals surface area contributed by atoms with Gasteiger partial charge in [0.15, 0.2) is 0 Å². The third kappa shape index (κ3) is 4.23. The van der Waals surface area contributed by atoms with Crippen LogP contribution in [0.5, 0.6) is 0 Å². The van der Waals surface area contributed by atoms with Gasteiger partial charge in [-0.1, -0.05) is 48.0 Å². The zero-order valence-electron chi connectivity index (χ0n) is 17.0. The van der Waals surface area contributed by atoms with Crippen molar-refractivity contribution in [2.75, 3.05) is 4.90 Å². The van der Waals surface area contributed by atoms with E-state index in [1.807, 2.05) is 19.1 Å². The highest BCUT2D eigenvalue weighted by molar-refractivity contribution is 6.23. The lowest BCUT2D eigenvalue weighted by Crippen LogP contribution is -2.45. The van der Waals surface area contributed by atoms with Crippen LogP contribution in [0, 0.1) is 12.7 Å². The van der Waals surface area contributed by atoms with E-state index in [0.717, 1.165) is 10.5 Å². The van der Waals surface area contributed by atoms with Gasteiger partial charge in [-0.2, -0.15) is 0 Å². The van der Waals surface area contributed by atoms with Gasteiger partial charge >= 0.3 is 0 Å². The molecule has 1 saturated heterocycles. The van der Waals surface area contributed by atoms with Crippen molar-refractivity contribution in [3.63, 3.8) is 0 Å². The van der Waals surface area contributed by atoms with Gasteiger partial charge in [-0.3, -0.25) is 14.4 Å². The van der Waals surface area contributed by atoms with Crippen molar-refractivity contribution in [1.82, 2.24) is 4.90 Å². The number of benzene rings is 3. The van der Waals surface area contributed by atoms with E-state index in [-0.39, 0.29) is 30.6 Å². The second kappa shape index (κ2) is 8.52. The Bertz CT molecular complexity index is 1110. The second-order valence-corrected chi connectivity index (χ2v) is 7.55. The molecule has 0 N–H and O–H groups in total. The molecule has 3 amide bonds. The van der Waals surface area contributed by atoms with Gasteiger partial charge in [-0.05, 0) is 48.9 Å². The molecule has 0 spiro atoms. The van der Waals surface area contributed by atoms with Crippen LogP contribution < -0.4 is 4.90 Å². The minimum atomic E-state index is -0.938. The van der Waals surface area contributed by atoms with Gasteiger partial charge < -0.3 is 4.90 Å². The zero-order valence-corrected chi connectivity index (χ0v) is 17.0. The monoisotopic (exact) mass is 416 g/mol. The fourth-order valence-corrected chi connectivity index (χ4v) is 3.68. The number of rotatable bonds is 5. The first-order chi connectivity index (χ1) is 14.9. The summed E-state index contributed by atoms with van der Waals surface area (Å²) >= 11 is 0. The van der Waals surface area contributed by atoms with Crippen molar-refractivity contribution >= 4 is 23.4 Å². The Morgan fingerprint density at radius 3 is 2.26 bits per heavy atom. The standard InChI is InChI=1S/C25H21FN2O3/c1-17-7-11-19(12-8-17)24(30)27(16-18-9-13-20(26)14-10-18)22-15-23(29)28(25(22)31)21-5-3-2-4-6-21/h2-14,22H,15-16H2,1H3. The van der Waals surface area contributed by atoms with Crippen LogP contribution in [0.4, 0.5) is 10.1 Å². The fourth-order valence-electron chi connectivity index (χ4n) is 3.68. The summed E-state index contributed by atoms with van der Waals surface area (Å²) in [5.41, 5.74) is 2.57. The van der Waals surface area contributed by atoms with Crippen molar-refractivity contribution in [2.45, 2.75) is 25.9 Å². The Hall–Kier alpha value is -3.80. The van der Waals surface area contributed by atoms with Crippen molar-refractivity contribution in [2.24, 2.45) is 0 Å². The minimum absolute atomic E-state index is 0.0826. The predicted molar refractivity (Wildman–Crippen MR) is 115 cm³/mol. The molecular formula is C25H21FN2O3. The molecule has 0 aliphatic carbocycles. The molecule has 1 heterocycles. The maximum absolute atomic E-state index is 13.4. The summed E-state index contributed by atoms with van der Waals surface area (Å²) in [4.78, 5) is 41.9. The van der Waals surface area contributed by atoms with Gasteiger partial charge in [0.25, 0.3) is 11.8 Å². The van der Waals surface area contributed by atoms with Crippen LogP contribution in [-0.2, 0) is 16.1 Å². The normalized spacial score (nSPS) is 15.9. The van der Waals surface area contributed by atoms with Crippen molar-refractivity contribution in [3.8, 4) is 0 Å². The Morgan fingerprint density at radius 2 is 1.61 bits per heavy atom. The Morgan fingerprint density at radius 1 is 0.968 bits per heavy atom. The minimum Gasteiger partial charge on any atom is -0.322 e. The maximum Gasteiger partial charge on any atom is 0.257 e. The van der Waals surface area contributed by atoms with E-state index in [1.165, 1.54) is 17.0 Å². The average molecular weight is 416 g/mol. The molecule has 6 heteroatoms. The van der Waals surface area contributed by atoms with E-state index in [2.05, 4.69) is 0 Å². The summed E-state index contributed by atoms with van der Waals surface area (Å²) in [6.07, 6.45) is -0.105. The van der Waals surface area contributed by atoms with E-state index in [9.17, 15) is 18.8 Å². The first-order valence-electron chi connectivity index (χ1n) is 9.98. The van der Waals surface area contributed by atoms with Crippen LogP contribution in [-0.4, -0.2) is 28.7 Å². The quantitative estimate of drug-likeness (QED) is 0.588. The topological polar surface area (TPSA) is 57.7 Å². The van der Waals surface area contributed by atoms with Crippen LogP contribution in [0.15, 0.2) is 78.9 Å². The van der Waals surface area contributed by atoms with E-state index in [0.29, 0.717) is 16.8 Å². The molecule has 1 aliphatic heterocycles. The molecule has 4 rings (SSSR count). The molecule has 1 aliphatic rings. The Kier molecular flexibility index (Phi) is 5.62. The summed E-state index contributed by atoms with van der Waals surface area (Å²) in [6, 6.07) is 20.5. The van der Waals surface area contributed by atoms with E-state index in [1.54, 1.807) is 54.6 Å². The Balaban J connectivity index is 1.68. The zero-order chi connectivity index (χ0) is 22.0. The summed E-state index contributed by atoms with van der Waals surface area (Å²) < 4.78 is 13.4. The Labute approximate surface area is 179 Å². The highest BCUT2D eigenvalue weighted by Gasteiger charge is 2.44. The number of anilines is 1. The lowest BCUT2D eigenvalue weighted by molar-refractivity contribution is -0.122. The van der Waals surface area contributed by atoms with Gasteiger partial charge in [-0.25, -0.2) is 9.29 Å². The molecular weight excluding hydrogens is 395 g/mol. The van der Waals surface area contributed by atoms with Gasteiger partial charge in [0, 0.05) is 12.1 Å². The first-order valence-corrected chi connectivity index (χ1v) is 9.98. The summed E-state index contributed by atoms with van der Waals surface area (Å²) in [7, 11) is 0. The molecule has 5 nitrogen and oxygen atoms in total. The average Bonchev–Trinajstić information content (AvgIpc) is 3.07. The SMILES string of the molecule is Cc1ccc(C(=O)N(Cc2ccc(F)cc2)C2CC(=O)N(c3ccccc3)C2=O)cc1. The maximum atomic E-state index is 13.4. The number of carbonyl (C=O) groups excluding carboxylic acids is 3. The molecule has 0 saturated carbocycles. The first kappa shape index (κ1) is 20.5. The second-order valence-electron chi connectivity index (χ2n) is 7.55. The molecule has 1 atom stereocenters. The molecule has 1 unspecified atom stereocenters. The van der Waals surface area contributed by atoms with Crippen molar-refractivity contribution in [1.29, 1.82) is 0 Å². The molecule has 156 valence electrons.